The van der Waals surface area contributed by atoms with E-state index < -0.39 is 23.6 Å². The molecule has 0 spiro atoms. The van der Waals surface area contributed by atoms with E-state index in [1.54, 1.807) is 19.1 Å². The van der Waals surface area contributed by atoms with Gasteiger partial charge >= 0.3 is 12.1 Å². The zero-order chi connectivity index (χ0) is 27.2. The fraction of sp³-hybridized carbons (Fsp3) is 0.581. The summed E-state index contributed by atoms with van der Waals surface area (Å²) in [6, 6.07) is 12.8. The van der Waals surface area contributed by atoms with Crippen LogP contribution in [0.2, 0.25) is 0 Å². The molecule has 0 N–H and O–H groups in total. The maximum atomic E-state index is 14.9. The smallest absolute Gasteiger partial charge is 0.416 e. The van der Waals surface area contributed by atoms with E-state index >= 15 is 0 Å². The van der Waals surface area contributed by atoms with E-state index in [0.717, 1.165) is 37.2 Å². The molecule has 1 aliphatic heterocycles. The molecule has 3 rings (SSSR count). The van der Waals surface area contributed by atoms with Crippen molar-refractivity contribution in [3.8, 4) is 11.1 Å². The van der Waals surface area contributed by atoms with Crippen LogP contribution in [-0.2, 0) is 15.7 Å². The van der Waals surface area contributed by atoms with E-state index in [9.17, 15) is 18.0 Å². The zero-order valence-corrected chi connectivity index (χ0v) is 22.9. The van der Waals surface area contributed by atoms with Gasteiger partial charge in [-0.3, -0.25) is 4.79 Å². The summed E-state index contributed by atoms with van der Waals surface area (Å²) in [5.41, 5.74) is 1.31. The molecule has 0 radical (unpaired) electrons. The number of piperidine rings is 1. The molecule has 1 aliphatic rings. The fourth-order valence-electron chi connectivity index (χ4n) is 5.38. The van der Waals surface area contributed by atoms with Crippen LogP contribution in [0.15, 0.2) is 42.5 Å². The highest BCUT2D eigenvalue weighted by atomic mass is 19.4. The number of likely N-dealkylation sites (tertiary alicyclic amines) is 1. The Morgan fingerprint density at radius 2 is 1.65 bits per heavy atom. The van der Waals surface area contributed by atoms with Gasteiger partial charge in [-0.25, -0.2) is 0 Å². The van der Waals surface area contributed by atoms with Crippen LogP contribution >= 0.6 is 0 Å². The molecule has 1 atom stereocenters. The Kier molecular flexibility index (Phi) is 10.2. The van der Waals surface area contributed by atoms with Gasteiger partial charge in [-0.1, -0.05) is 64.1 Å². The van der Waals surface area contributed by atoms with Crippen molar-refractivity contribution in [1.82, 2.24) is 4.90 Å². The third kappa shape index (κ3) is 7.83. The number of carbonyl (C=O) groups is 1. The first kappa shape index (κ1) is 29.2. The maximum Gasteiger partial charge on any atom is 0.416 e. The average molecular weight is 518 g/mol. The van der Waals surface area contributed by atoms with Crippen molar-refractivity contribution in [2.24, 2.45) is 11.8 Å². The third-order valence-corrected chi connectivity index (χ3v) is 7.29. The minimum atomic E-state index is -4.57. The summed E-state index contributed by atoms with van der Waals surface area (Å²) in [5, 5.41) is 0. The highest BCUT2D eigenvalue weighted by Crippen LogP contribution is 2.46. The first-order valence-electron chi connectivity index (χ1n) is 13.7. The minimum absolute atomic E-state index is 0.0310. The van der Waals surface area contributed by atoms with Crippen LogP contribution in [0.25, 0.3) is 11.1 Å². The summed E-state index contributed by atoms with van der Waals surface area (Å²) in [6.45, 7) is 12.6. The van der Waals surface area contributed by atoms with Gasteiger partial charge in [0.2, 0.25) is 0 Å². The fourth-order valence-corrected chi connectivity index (χ4v) is 5.38. The number of esters is 1. The molecule has 2 aromatic carbocycles. The second-order valence-corrected chi connectivity index (χ2v) is 11.1. The van der Waals surface area contributed by atoms with E-state index in [-0.39, 0.29) is 24.0 Å². The number of nitrogens with zero attached hydrogens (tertiary/aromatic N) is 1. The molecule has 0 saturated carbocycles. The molecule has 0 aliphatic carbocycles. The van der Waals surface area contributed by atoms with Crippen molar-refractivity contribution < 1.29 is 22.7 Å². The summed E-state index contributed by atoms with van der Waals surface area (Å²) < 4.78 is 49.9. The van der Waals surface area contributed by atoms with Gasteiger partial charge in [0, 0.05) is 0 Å². The van der Waals surface area contributed by atoms with Gasteiger partial charge in [0.05, 0.1) is 18.1 Å². The largest absolute Gasteiger partial charge is 0.466 e. The van der Waals surface area contributed by atoms with E-state index in [0.29, 0.717) is 30.7 Å². The highest BCUT2D eigenvalue weighted by Gasteiger charge is 2.42. The van der Waals surface area contributed by atoms with Gasteiger partial charge in [-0.05, 0) is 98.3 Å². The third-order valence-electron chi connectivity index (χ3n) is 7.29. The standard InChI is InChI=1S/C31H42F3NO2/c1-6-37-30(36)28(18-22(4)5)27-20-25(23-10-8-7-9-11-23)19-26(29(27)31(32,33)34)24-13-16-35(17-14-24)15-12-21(2)3/h7-11,19-22,24,28H,6,12-18H2,1-5H3. The van der Waals surface area contributed by atoms with Crippen molar-refractivity contribution >= 4 is 5.97 Å². The van der Waals surface area contributed by atoms with Crippen molar-refractivity contribution in [3.63, 3.8) is 0 Å². The summed E-state index contributed by atoms with van der Waals surface area (Å²) in [6.07, 6.45) is -1.84. The molecule has 1 unspecified atom stereocenters. The first-order chi connectivity index (χ1) is 17.5. The number of rotatable bonds is 10. The highest BCUT2D eigenvalue weighted by molar-refractivity contribution is 5.80. The molecule has 1 saturated heterocycles. The lowest BCUT2D eigenvalue weighted by Crippen LogP contribution is -2.35. The van der Waals surface area contributed by atoms with Crippen molar-refractivity contribution in [1.29, 1.82) is 0 Å². The quantitative estimate of drug-likeness (QED) is 0.297. The summed E-state index contributed by atoms with van der Waals surface area (Å²) in [4.78, 5) is 15.4. The topological polar surface area (TPSA) is 29.5 Å². The van der Waals surface area contributed by atoms with Crippen molar-refractivity contribution in [3.05, 3.63) is 59.2 Å². The second kappa shape index (κ2) is 12.9. The Morgan fingerprint density at radius 3 is 2.19 bits per heavy atom. The lowest BCUT2D eigenvalue weighted by Gasteiger charge is -2.35. The maximum absolute atomic E-state index is 14.9. The summed E-state index contributed by atoms with van der Waals surface area (Å²) in [5.74, 6) is -1.13. The van der Waals surface area contributed by atoms with Gasteiger partial charge < -0.3 is 9.64 Å². The SMILES string of the molecule is CCOC(=O)C(CC(C)C)c1cc(-c2ccccc2)cc(C2CCN(CCC(C)C)CC2)c1C(F)(F)F. The van der Waals surface area contributed by atoms with Gasteiger partial charge in [0.25, 0.3) is 0 Å². The van der Waals surface area contributed by atoms with Crippen LogP contribution in [0.5, 0.6) is 0 Å². The zero-order valence-electron chi connectivity index (χ0n) is 22.9. The summed E-state index contributed by atoms with van der Waals surface area (Å²) in [7, 11) is 0. The van der Waals surface area contributed by atoms with Crippen LogP contribution in [0.1, 0.15) is 88.8 Å². The number of carbonyl (C=O) groups excluding carboxylic acids is 1. The number of ether oxygens (including phenoxy) is 1. The lowest BCUT2D eigenvalue weighted by atomic mass is 9.78. The molecule has 0 bridgehead atoms. The van der Waals surface area contributed by atoms with Crippen molar-refractivity contribution in [2.75, 3.05) is 26.2 Å². The van der Waals surface area contributed by atoms with Crippen LogP contribution in [-0.4, -0.2) is 37.1 Å². The van der Waals surface area contributed by atoms with E-state index in [2.05, 4.69) is 18.7 Å². The van der Waals surface area contributed by atoms with Gasteiger partial charge in [-0.2, -0.15) is 13.2 Å². The molecule has 0 amide bonds. The predicted octanol–water partition coefficient (Wildman–Crippen LogP) is 8.29. The molecule has 1 heterocycles. The number of hydrogen-bond donors (Lipinski definition) is 0. The van der Waals surface area contributed by atoms with Crippen LogP contribution < -0.4 is 0 Å². The van der Waals surface area contributed by atoms with E-state index in [1.807, 2.05) is 44.2 Å². The Labute approximate surface area is 220 Å². The molecule has 2 aromatic rings. The second-order valence-electron chi connectivity index (χ2n) is 11.1. The Bertz CT molecular complexity index is 1010. The molecule has 37 heavy (non-hydrogen) atoms. The van der Waals surface area contributed by atoms with E-state index in [4.69, 9.17) is 4.74 Å². The molecule has 3 nitrogen and oxygen atoms in total. The van der Waals surface area contributed by atoms with Gasteiger partial charge in [-0.15, -0.1) is 0 Å². The van der Waals surface area contributed by atoms with E-state index in [1.165, 1.54) is 0 Å². The number of benzene rings is 2. The Morgan fingerprint density at radius 1 is 1.00 bits per heavy atom. The van der Waals surface area contributed by atoms with Crippen molar-refractivity contribution in [2.45, 2.75) is 78.3 Å². The summed E-state index contributed by atoms with van der Waals surface area (Å²) >= 11 is 0. The predicted molar refractivity (Wildman–Crippen MR) is 144 cm³/mol. The van der Waals surface area contributed by atoms with Crippen LogP contribution in [0.3, 0.4) is 0 Å². The average Bonchev–Trinajstić information content (AvgIpc) is 2.85. The van der Waals surface area contributed by atoms with Gasteiger partial charge in [0.15, 0.2) is 0 Å². The normalized spacial score (nSPS) is 16.4. The van der Waals surface area contributed by atoms with Crippen LogP contribution in [0.4, 0.5) is 13.2 Å². The number of halogens is 3. The number of alkyl halides is 3. The Hall–Kier alpha value is -2.34. The lowest BCUT2D eigenvalue weighted by molar-refractivity contribution is -0.146. The van der Waals surface area contributed by atoms with Crippen LogP contribution in [0, 0.1) is 11.8 Å². The Balaban J connectivity index is 2.14. The molecular formula is C31H42F3NO2. The minimum Gasteiger partial charge on any atom is -0.466 e. The molecule has 1 fully saturated rings. The first-order valence-corrected chi connectivity index (χ1v) is 13.7. The monoisotopic (exact) mass is 517 g/mol. The van der Waals surface area contributed by atoms with Gasteiger partial charge in [0.1, 0.15) is 0 Å². The molecular weight excluding hydrogens is 475 g/mol. The number of hydrogen-bond acceptors (Lipinski definition) is 3. The molecule has 204 valence electrons. The molecule has 6 heteroatoms. The molecule has 0 aromatic heterocycles.